The van der Waals surface area contributed by atoms with Crippen LogP contribution < -0.4 is 5.56 Å². The summed E-state index contributed by atoms with van der Waals surface area (Å²) in [5.74, 6) is 0. The van der Waals surface area contributed by atoms with Gasteiger partial charge in [-0.1, -0.05) is 13.8 Å². The number of imidazole rings is 1. The summed E-state index contributed by atoms with van der Waals surface area (Å²) in [6, 6.07) is 0. The van der Waals surface area contributed by atoms with Gasteiger partial charge in [0, 0.05) is 6.42 Å². The smallest absolute Gasteiger partial charge is 0.359 e. The second-order valence-electron chi connectivity index (χ2n) is 8.30. The maximum Gasteiger partial charge on any atom is 0.359 e. The first-order valence-corrected chi connectivity index (χ1v) is 11.6. The third-order valence-corrected chi connectivity index (χ3v) is 7.87. The van der Waals surface area contributed by atoms with Gasteiger partial charge in [0.25, 0.3) is 5.56 Å². The van der Waals surface area contributed by atoms with E-state index in [1.54, 1.807) is 13.8 Å². The molecule has 0 spiro atoms. The SMILES string of the molecule is CCC(CC)(CC1OC(n2cnc3c(=O)[nH]cnc32)C(O)C1O)OP(=O)(O)C(C)(C)O. The van der Waals surface area contributed by atoms with Crippen LogP contribution in [0.25, 0.3) is 11.2 Å². The van der Waals surface area contributed by atoms with Crippen LogP contribution in [-0.4, -0.2) is 69.0 Å². The molecule has 0 radical (unpaired) electrons. The molecule has 1 aliphatic rings. The molecule has 0 aromatic carbocycles. The topological polar surface area (TPSA) is 180 Å². The van der Waals surface area contributed by atoms with Gasteiger partial charge in [-0.3, -0.25) is 18.5 Å². The number of aromatic nitrogens is 4. The Kier molecular flexibility index (Phi) is 6.47. The van der Waals surface area contributed by atoms with Crippen molar-refractivity contribution in [2.45, 2.75) is 82.4 Å². The molecule has 174 valence electrons. The highest BCUT2D eigenvalue weighted by Gasteiger charge is 2.51. The largest absolute Gasteiger partial charge is 0.388 e. The van der Waals surface area contributed by atoms with Gasteiger partial charge in [-0.2, -0.15) is 0 Å². The molecule has 0 amide bonds. The van der Waals surface area contributed by atoms with Gasteiger partial charge in [-0.05, 0) is 26.7 Å². The summed E-state index contributed by atoms with van der Waals surface area (Å²) in [6.07, 6.45) is -1.70. The summed E-state index contributed by atoms with van der Waals surface area (Å²) in [4.78, 5) is 32.6. The van der Waals surface area contributed by atoms with Crippen LogP contribution in [0.5, 0.6) is 0 Å². The molecule has 0 bridgehead atoms. The predicted octanol–water partition coefficient (Wildman–Crippen LogP) is 0.618. The van der Waals surface area contributed by atoms with Crippen molar-refractivity contribution in [3.8, 4) is 0 Å². The van der Waals surface area contributed by atoms with Crippen molar-refractivity contribution in [2.24, 2.45) is 0 Å². The number of fused-ring (bicyclic) bond motifs is 1. The monoisotopic (exact) mass is 460 g/mol. The van der Waals surface area contributed by atoms with E-state index in [0.717, 1.165) is 0 Å². The number of nitrogens with zero attached hydrogens (tertiary/aromatic N) is 3. The van der Waals surface area contributed by atoms with E-state index < -0.39 is 48.6 Å². The molecule has 5 unspecified atom stereocenters. The molecule has 0 aliphatic carbocycles. The Morgan fingerprint density at radius 1 is 1.26 bits per heavy atom. The molecule has 1 saturated heterocycles. The Morgan fingerprint density at radius 3 is 2.48 bits per heavy atom. The zero-order chi connectivity index (χ0) is 23.2. The van der Waals surface area contributed by atoms with Gasteiger partial charge in [-0.15, -0.1) is 0 Å². The van der Waals surface area contributed by atoms with E-state index >= 15 is 0 Å². The second kappa shape index (κ2) is 8.36. The zero-order valence-corrected chi connectivity index (χ0v) is 18.7. The Hall–Kier alpha value is -1.66. The maximum atomic E-state index is 12.6. The molecule has 0 saturated carbocycles. The number of ether oxygens (including phenoxy) is 1. The minimum atomic E-state index is -4.43. The Balaban J connectivity index is 1.88. The van der Waals surface area contributed by atoms with E-state index in [9.17, 15) is 29.6 Å². The highest BCUT2D eigenvalue weighted by molar-refractivity contribution is 7.54. The minimum absolute atomic E-state index is 0.0179. The van der Waals surface area contributed by atoms with Crippen LogP contribution in [0.2, 0.25) is 0 Å². The predicted molar refractivity (Wildman–Crippen MR) is 109 cm³/mol. The molecule has 1 fully saturated rings. The fraction of sp³-hybridized carbons (Fsp3) is 0.722. The first kappa shape index (κ1) is 24.0. The lowest BCUT2D eigenvalue weighted by atomic mass is 9.88. The summed E-state index contributed by atoms with van der Waals surface area (Å²) < 4.78 is 25.4. The number of H-pyrrole nitrogens is 1. The standard InChI is InChI=1S/C18H29N4O8P/c1-5-18(6-2,30-31(27,28)17(3,4)26)7-10-12(23)13(24)16(29-10)22-9-21-11-14(22)19-8-20-15(11)25/h8-10,12-13,16,23-24,26H,5-7H2,1-4H3,(H,27,28)(H,19,20,25). The molecule has 31 heavy (non-hydrogen) atoms. The number of aliphatic hydroxyl groups is 3. The normalized spacial score (nSPS) is 27.0. The average Bonchev–Trinajstić information content (AvgIpc) is 3.23. The lowest BCUT2D eigenvalue weighted by molar-refractivity contribution is -0.0747. The van der Waals surface area contributed by atoms with Crippen molar-refractivity contribution >= 4 is 18.8 Å². The van der Waals surface area contributed by atoms with Gasteiger partial charge in [0.05, 0.1) is 24.4 Å². The summed E-state index contributed by atoms with van der Waals surface area (Å²) in [7, 11) is -4.43. The third kappa shape index (κ3) is 4.34. The fourth-order valence-electron chi connectivity index (χ4n) is 3.62. The molecule has 5 N–H and O–H groups in total. The van der Waals surface area contributed by atoms with Crippen LogP contribution in [0.3, 0.4) is 0 Å². The van der Waals surface area contributed by atoms with Gasteiger partial charge >= 0.3 is 7.60 Å². The van der Waals surface area contributed by atoms with E-state index in [1.165, 1.54) is 31.1 Å². The van der Waals surface area contributed by atoms with Gasteiger partial charge in [-0.25, -0.2) is 9.97 Å². The van der Waals surface area contributed by atoms with Gasteiger partial charge in [0.1, 0.15) is 12.2 Å². The molecule has 2 aromatic heterocycles. The quantitative estimate of drug-likeness (QED) is 0.350. The number of nitrogens with one attached hydrogen (secondary N) is 1. The minimum Gasteiger partial charge on any atom is -0.388 e. The Bertz CT molecular complexity index is 1030. The summed E-state index contributed by atoms with van der Waals surface area (Å²) >= 11 is 0. The van der Waals surface area contributed by atoms with Crippen molar-refractivity contribution < 1.29 is 34.0 Å². The van der Waals surface area contributed by atoms with Crippen molar-refractivity contribution in [2.75, 3.05) is 0 Å². The Labute approximate surface area is 178 Å². The third-order valence-electron chi connectivity index (χ3n) is 5.85. The fourth-order valence-corrected chi connectivity index (χ4v) is 4.70. The van der Waals surface area contributed by atoms with E-state index in [1.807, 2.05) is 0 Å². The van der Waals surface area contributed by atoms with Crippen LogP contribution in [0.1, 0.15) is 53.2 Å². The number of aromatic amines is 1. The van der Waals surface area contributed by atoms with Gasteiger partial charge in [0.2, 0.25) is 0 Å². The lowest BCUT2D eigenvalue weighted by Crippen LogP contribution is -2.41. The van der Waals surface area contributed by atoms with Crippen LogP contribution in [0, 0.1) is 0 Å². The first-order valence-electron chi connectivity index (χ1n) is 10.0. The van der Waals surface area contributed by atoms with Crippen LogP contribution in [0.4, 0.5) is 0 Å². The summed E-state index contributed by atoms with van der Waals surface area (Å²) in [5.41, 5.74) is -1.42. The molecule has 2 aromatic rings. The van der Waals surface area contributed by atoms with E-state index in [-0.39, 0.29) is 17.6 Å². The van der Waals surface area contributed by atoms with Crippen LogP contribution in [-0.2, 0) is 13.8 Å². The average molecular weight is 460 g/mol. The van der Waals surface area contributed by atoms with Crippen LogP contribution >= 0.6 is 7.60 Å². The number of rotatable bonds is 8. The van der Waals surface area contributed by atoms with Gasteiger partial charge < -0.3 is 29.9 Å². The molecule has 13 heteroatoms. The van der Waals surface area contributed by atoms with Crippen molar-refractivity contribution in [3.05, 3.63) is 23.0 Å². The number of hydrogen-bond donors (Lipinski definition) is 5. The van der Waals surface area contributed by atoms with Crippen LogP contribution in [0.15, 0.2) is 17.4 Å². The second-order valence-corrected chi connectivity index (χ2v) is 10.6. The highest BCUT2D eigenvalue weighted by atomic mass is 31.2. The Morgan fingerprint density at radius 2 is 1.90 bits per heavy atom. The molecule has 12 nitrogen and oxygen atoms in total. The van der Waals surface area contributed by atoms with E-state index in [2.05, 4.69) is 15.0 Å². The maximum absolute atomic E-state index is 12.6. The molecule has 1 aliphatic heterocycles. The summed E-state index contributed by atoms with van der Waals surface area (Å²) in [5, 5.41) is 29.3. The molecular weight excluding hydrogens is 431 g/mol. The molecule has 3 rings (SSSR count). The summed E-state index contributed by atoms with van der Waals surface area (Å²) in [6.45, 7) is 5.87. The van der Waals surface area contributed by atoms with Crippen molar-refractivity contribution in [1.29, 1.82) is 0 Å². The molecule has 5 atom stereocenters. The van der Waals surface area contributed by atoms with E-state index in [0.29, 0.717) is 12.8 Å². The molecular formula is C18H29N4O8P. The highest BCUT2D eigenvalue weighted by Crippen LogP contribution is 2.58. The zero-order valence-electron chi connectivity index (χ0n) is 17.8. The first-order chi connectivity index (χ1) is 14.4. The molecule has 3 heterocycles. The number of hydrogen-bond acceptors (Lipinski definition) is 9. The van der Waals surface area contributed by atoms with Crippen molar-refractivity contribution in [3.63, 3.8) is 0 Å². The number of aliphatic hydroxyl groups excluding tert-OH is 2. The van der Waals surface area contributed by atoms with E-state index in [4.69, 9.17) is 9.26 Å². The van der Waals surface area contributed by atoms with Crippen molar-refractivity contribution in [1.82, 2.24) is 19.5 Å². The van der Waals surface area contributed by atoms with Gasteiger partial charge in [0.15, 0.2) is 22.7 Å². The lowest BCUT2D eigenvalue weighted by Gasteiger charge is -2.38.